The monoisotopic (exact) mass is 150 g/mol. The molecule has 1 unspecified atom stereocenters. The van der Waals surface area contributed by atoms with E-state index in [2.05, 4.69) is 0 Å². The smallest absolute Gasteiger partial charge is 0.316 e. The van der Waals surface area contributed by atoms with Crippen LogP contribution in [0.25, 0.3) is 0 Å². The van der Waals surface area contributed by atoms with Crippen LogP contribution >= 0.6 is 8.25 Å². The predicted octanol–water partition coefficient (Wildman–Crippen LogP) is 1.33. The van der Waals surface area contributed by atoms with E-state index in [4.69, 9.17) is 9.42 Å². The van der Waals surface area contributed by atoms with Gasteiger partial charge in [0.25, 0.3) is 0 Å². The van der Waals surface area contributed by atoms with E-state index >= 15 is 0 Å². The summed E-state index contributed by atoms with van der Waals surface area (Å²) in [5.74, 6) is 0. The normalized spacial score (nSPS) is 24.6. The Morgan fingerprint density at radius 3 is 2.44 bits per heavy atom. The Labute approximate surface area is 55.0 Å². The zero-order chi connectivity index (χ0) is 6.69. The van der Waals surface area contributed by atoms with Crippen molar-refractivity contribution in [1.29, 1.82) is 0 Å². The summed E-state index contributed by atoms with van der Waals surface area (Å²) in [6.45, 7) is 0. The van der Waals surface area contributed by atoms with Gasteiger partial charge >= 0.3 is 8.25 Å². The lowest BCUT2D eigenvalue weighted by molar-refractivity contribution is 0.195. The van der Waals surface area contributed by atoms with Crippen LogP contribution in [0.4, 0.5) is 0 Å². The molecule has 0 spiro atoms. The van der Waals surface area contributed by atoms with E-state index in [0.29, 0.717) is 0 Å². The summed E-state index contributed by atoms with van der Waals surface area (Å²) in [6, 6.07) is 0. The van der Waals surface area contributed by atoms with Gasteiger partial charge in [0, 0.05) is 0 Å². The quantitative estimate of drug-likeness (QED) is 0.604. The second-order valence-electron chi connectivity index (χ2n) is 2.29. The summed E-state index contributed by atoms with van der Waals surface area (Å²) < 4.78 is 14.8. The Hall–Kier alpha value is 0.150. The molecule has 0 aromatic carbocycles. The van der Waals surface area contributed by atoms with Gasteiger partial charge in [0.05, 0.1) is 6.10 Å². The zero-order valence-electron chi connectivity index (χ0n) is 5.17. The van der Waals surface area contributed by atoms with E-state index in [-0.39, 0.29) is 6.10 Å². The molecular weight excluding hydrogens is 139 g/mol. The largest absolute Gasteiger partial charge is 0.326 e. The van der Waals surface area contributed by atoms with Gasteiger partial charge in [0.2, 0.25) is 0 Å². The first-order valence-electron chi connectivity index (χ1n) is 3.18. The minimum atomic E-state index is -2.67. The first-order chi connectivity index (χ1) is 4.29. The molecule has 1 aliphatic rings. The second kappa shape index (κ2) is 3.35. The molecule has 0 radical (unpaired) electrons. The minimum Gasteiger partial charge on any atom is -0.326 e. The highest BCUT2D eigenvalue weighted by atomic mass is 31.1. The van der Waals surface area contributed by atoms with E-state index in [1.54, 1.807) is 0 Å². The molecule has 0 saturated heterocycles. The van der Waals surface area contributed by atoms with Crippen molar-refractivity contribution in [2.45, 2.75) is 31.8 Å². The second-order valence-corrected chi connectivity index (χ2v) is 3.06. The van der Waals surface area contributed by atoms with Gasteiger partial charge in [0.1, 0.15) is 0 Å². The maximum absolute atomic E-state index is 10.1. The van der Waals surface area contributed by atoms with Crippen LogP contribution in [0.1, 0.15) is 25.7 Å². The SMILES string of the molecule is O=[PH](O)OC1CCCC1. The molecule has 1 aliphatic carbocycles. The van der Waals surface area contributed by atoms with E-state index < -0.39 is 8.25 Å². The van der Waals surface area contributed by atoms with Crippen LogP contribution in [-0.2, 0) is 9.09 Å². The molecule has 4 heteroatoms. The van der Waals surface area contributed by atoms with E-state index in [1.165, 1.54) is 0 Å². The lowest BCUT2D eigenvalue weighted by Gasteiger charge is -2.05. The Kier molecular flexibility index (Phi) is 2.70. The van der Waals surface area contributed by atoms with Crippen LogP contribution in [0.3, 0.4) is 0 Å². The maximum Gasteiger partial charge on any atom is 0.316 e. The fourth-order valence-electron chi connectivity index (χ4n) is 1.15. The number of hydrogen-bond donors (Lipinski definition) is 1. The van der Waals surface area contributed by atoms with Crippen molar-refractivity contribution in [1.82, 2.24) is 0 Å². The van der Waals surface area contributed by atoms with Gasteiger partial charge in [-0.1, -0.05) is 12.8 Å². The average Bonchev–Trinajstić information content (AvgIpc) is 2.15. The third kappa shape index (κ3) is 2.48. The average molecular weight is 150 g/mol. The minimum absolute atomic E-state index is 0.0707. The van der Waals surface area contributed by atoms with Crippen molar-refractivity contribution in [3.8, 4) is 0 Å². The first kappa shape index (κ1) is 7.26. The van der Waals surface area contributed by atoms with Gasteiger partial charge in [0.15, 0.2) is 0 Å². The summed E-state index contributed by atoms with van der Waals surface area (Å²) in [6.07, 6.45) is 4.26. The molecule has 1 saturated carbocycles. The maximum atomic E-state index is 10.1. The highest BCUT2D eigenvalue weighted by Crippen LogP contribution is 2.28. The molecule has 1 fully saturated rings. The summed E-state index contributed by atoms with van der Waals surface area (Å²) >= 11 is 0. The van der Waals surface area contributed by atoms with Gasteiger partial charge in [-0.3, -0.25) is 4.57 Å². The Bertz CT molecular complexity index is 109. The van der Waals surface area contributed by atoms with Gasteiger partial charge in [-0.2, -0.15) is 0 Å². The summed E-state index contributed by atoms with van der Waals surface area (Å²) in [5, 5.41) is 0. The van der Waals surface area contributed by atoms with Crippen LogP contribution in [0.5, 0.6) is 0 Å². The predicted molar refractivity (Wildman–Crippen MR) is 34.6 cm³/mol. The highest BCUT2D eigenvalue weighted by Gasteiger charge is 2.16. The van der Waals surface area contributed by atoms with Gasteiger partial charge in [-0.25, -0.2) is 0 Å². The highest BCUT2D eigenvalue weighted by molar-refractivity contribution is 7.32. The number of hydrogen-bond acceptors (Lipinski definition) is 2. The van der Waals surface area contributed by atoms with Crippen molar-refractivity contribution in [2.24, 2.45) is 0 Å². The standard InChI is InChI=1S/C5H11O3P/c6-9(7)8-5-3-1-2-4-5/h5,9H,1-4H2,(H,6,7). The molecule has 0 aromatic rings. The number of rotatable bonds is 2. The topological polar surface area (TPSA) is 46.5 Å². The first-order valence-corrected chi connectivity index (χ1v) is 4.45. The molecule has 1 N–H and O–H groups in total. The van der Waals surface area contributed by atoms with Crippen LogP contribution in [0.15, 0.2) is 0 Å². The molecule has 54 valence electrons. The van der Waals surface area contributed by atoms with Gasteiger partial charge in [-0.15, -0.1) is 0 Å². The van der Waals surface area contributed by atoms with Crippen LogP contribution in [0.2, 0.25) is 0 Å². The molecule has 1 rings (SSSR count). The van der Waals surface area contributed by atoms with Gasteiger partial charge in [-0.05, 0) is 12.8 Å². The molecule has 0 bridgehead atoms. The molecule has 1 atom stereocenters. The molecule has 0 heterocycles. The third-order valence-electron chi connectivity index (χ3n) is 1.57. The van der Waals surface area contributed by atoms with Crippen LogP contribution in [0, 0.1) is 0 Å². The molecule has 3 nitrogen and oxygen atoms in total. The van der Waals surface area contributed by atoms with E-state index in [0.717, 1.165) is 25.7 Å². The molecule has 9 heavy (non-hydrogen) atoms. The fourth-order valence-corrected chi connectivity index (χ4v) is 1.67. The zero-order valence-corrected chi connectivity index (χ0v) is 6.17. The summed E-state index contributed by atoms with van der Waals surface area (Å²) in [5.41, 5.74) is 0. The van der Waals surface area contributed by atoms with Crippen molar-refractivity contribution in [3.63, 3.8) is 0 Å². The fraction of sp³-hybridized carbons (Fsp3) is 1.00. The van der Waals surface area contributed by atoms with Crippen LogP contribution in [-0.4, -0.2) is 11.0 Å². The van der Waals surface area contributed by atoms with Crippen molar-refractivity contribution in [3.05, 3.63) is 0 Å². The summed E-state index contributed by atoms with van der Waals surface area (Å²) in [7, 11) is -2.67. The molecule has 0 aliphatic heterocycles. The molecular formula is C5H11O3P. The lowest BCUT2D eigenvalue weighted by atomic mass is 10.3. The Balaban J connectivity index is 2.19. The Morgan fingerprint density at radius 1 is 1.44 bits per heavy atom. The molecule has 0 amide bonds. The van der Waals surface area contributed by atoms with E-state index in [1.807, 2.05) is 0 Å². The van der Waals surface area contributed by atoms with Crippen molar-refractivity contribution < 1.29 is 14.0 Å². The van der Waals surface area contributed by atoms with Crippen molar-refractivity contribution >= 4 is 8.25 Å². The third-order valence-corrected chi connectivity index (χ3v) is 2.10. The van der Waals surface area contributed by atoms with Crippen molar-refractivity contribution in [2.75, 3.05) is 0 Å². The summed E-state index contributed by atoms with van der Waals surface area (Å²) in [4.78, 5) is 8.34. The molecule has 0 aromatic heterocycles. The lowest BCUT2D eigenvalue weighted by Crippen LogP contribution is -2.00. The van der Waals surface area contributed by atoms with Crippen LogP contribution < -0.4 is 0 Å². The Morgan fingerprint density at radius 2 is 2.00 bits per heavy atom. The van der Waals surface area contributed by atoms with Gasteiger partial charge < -0.3 is 9.42 Å². The van der Waals surface area contributed by atoms with E-state index in [9.17, 15) is 4.57 Å².